The van der Waals surface area contributed by atoms with Crippen molar-refractivity contribution in [2.24, 2.45) is 5.73 Å². The zero-order valence-corrected chi connectivity index (χ0v) is 8.05. The summed E-state index contributed by atoms with van der Waals surface area (Å²) in [6.07, 6.45) is 0.884. The third kappa shape index (κ3) is 1.85. The first-order valence-corrected chi connectivity index (χ1v) is 4.77. The predicted molar refractivity (Wildman–Crippen MR) is 52.7 cm³/mol. The van der Waals surface area contributed by atoms with Crippen LogP contribution in [0.2, 0.25) is 5.02 Å². The van der Waals surface area contributed by atoms with Gasteiger partial charge >= 0.3 is 0 Å². The third-order valence-corrected chi connectivity index (χ3v) is 2.57. The molecule has 70 valence electrons. The lowest BCUT2D eigenvalue weighted by Crippen LogP contribution is -2.11. The fraction of sp³-hybridized carbons (Fsp3) is 0.400. The molecule has 0 saturated heterocycles. The highest BCUT2D eigenvalue weighted by Gasteiger charge is 2.14. The van der Waals surface area contributed by atoms with Crippen LogP contribution >= 0.6 is 11.6 Å². The summed E-state index contributed by atoms with van der Waals surface area (Å²) in [6.45, 7) is 1.36. The molecule has 2 N–H and O–H groups in total. The third-order valence-electron chi connectivity index (χ3n) is 2.34. The van der Waals surface area contributed by atoms with E-state index in [0.29, 0.717) is 6.61 Å². The molecule has 0 aliphatic carbocycles. The van der Waals surface area contributed by atoms with Gasteiger partial charge in [-0.05, 0) is 29.7 Å². The zero-order valence-electron chi connectivity index (χ0n) is 7.29. The van der Waals surface area contributed by atoms with Crippen LogP contribution in [0, 0.1) is 0 Å². The number of ether oxygens (including phenoxy) is 1. The van der Waals surface area contributed by atoms with E-state index in [9.17, 15) is 0 Å². The first kappa shape index (κ1) is 9.00. The van der Waals surface area contributed by atoms with Crippen LogP contribution in [0.1, 0.15) is 23.6 Å². The zero-order chi connectivity index (χ0) is 9.26. The van der Waals surface area contributed by atoms with E-state index in [1.54, 1.807) is 0 Å². The van der Waals surface area contributed by atoms with Gasteiger partial charge < -0.3 is 10.5 Å². The minimum atomic E-state index is 0.0924. The summed E-state index contributed by atoms with van der Waals surface area (Å²) in [7, 11) is 0. The average Bonchev–Trinajstić information content (AvgIpc) is 2.28. The van der Waals surface area contributed by atoms with Gasteiger partial charge in [-0.1, -0.05) is 17.7 Å². The second kappa shape index (κ2) is 3.66. The van der Waals surface area contributed by atoms with E-state index in [1.807, 2.05) is 18.2 Å². The van der Waals surface area contributed by atoms with E-state index in [4.69, 9.17) is 22.1 Å². The molecule has 0 radical (unpaired) electrons. The van der Waals surface area contributed by atoms with Gasteiger partial charge in [0.05, 0.1) is 6.61 Å². The monoisotopic (exact) mass is 197 g/mol. The summed E-state index contributed by atoms with van der Waals surface area (Å²) < 4.78 is 5.41. The molecular formula is C10H12ClNO. The standard InChI is InChI=1S/C10H12ClNO/c11-8-1-2-9-7(5-8)6-13-4-3-10(9)12/h1-2,5,10H,3-4,6,12H2. The van der Waals surface area contributed by atoms with Gasteiger partial charge in [0.15, 0.2) is 0 Å². The van der Waals surface area contributed by atoms with Crippen molar-refractivity contribution in [3.63, 3.8) is 0 Å². The molecule has 0 amide bonds. The Labute approximate surface area is 82.6 Å². The fourth-order valence-corrected chi connectivity index (χ4v) is 1.80. The van der Waals surface area contributed by atoms with E-state index in [2.05, 4.69) is 0 Å². The molecule has 1 heterocycles. The van der Waals surface area contributed by atoms with Crippen molar-refractivity contribution >= 4 is 11.6 Å². The van der Waals surface area contributed by atoms with Crippen molar-refractivity contribution in [1.82, 2.24) is 0 Å². The first-order chi connectivity index (χ1) is 6.27. The Kier molecular flexibility index (Phi) is 2.54. The number of rotatable bonds is 0. The quantitative estimate of drug-likeness (QED) is 0.693. The minimum absolute atomic E-state index is 0.0924. The molecule has 1 atom stereocenters. The Morgan fingerprint density at radius 3 is 3.15 bits per heavy atom. The smallest absolute Gasteiger partial charge is 0.0720 e. The molecule has 0 saturated carbocycles. The summed E-state index contributed by atoms with van der Waals surface area (Å²) >= 11 is 5.88. The van der Waals surface area contributed by atoms with Gasteiger partial charge in [0.25, 0.3) is 0 Å². The molecule has 1 aliphatic rings. The summed E-state index contributed by atoms with van der Waals surface area (Å²) in [5, 5.41) is 0.747. The molecule has 0 aromatic heterocycles. The van der Waals surface area contributed by atoms with E-state index < -0.39 is 0 Å². The number of hydrogen-bond acceptors (Lipinski definition) is 2. The van der Waals surface area contributed by atoms with Crippen LogP contribution in [0.25, 0.3) is 0 Å². The van der Waals surface area contributed by atoms with E-state index in [0.717, 1.165) is 23.6 Å². The van der Waals surface area contributed by atoms with Crippen molar-refractivity contribution < 1.29 is 4.74 Å². The van der Waals surface area contributed by atoms with Crippen LogP contribution in [0.5, 0.6) is 0 Å². The van der Waals surface area contributed by atoms with Gasteiger partial charge in [-0.25, -0.2) is 0 Å². The maximum atomic E-state index is 5.97. The summed E-state index contributed by atoms with van der Waals surface area (Å²) in [5.41, 5.74) is 8.26. The van der Waals surface area contributed by atoms with Gasteiger partial charge in [0.2, 0.25) is 0 Å². The Morgan fingerprint density at radius 1 is 1.46 bits per heavy atom. The lowest BCUT2D eigenvalue weighted by Gasteiger charge is -2.10. The number of hydrogen-bond donors (Lipinski definition) is 1. The second-order valence-corrected chi connectivity index (χ2v) is 3.73. The van der Waals surface area contributed by atoms with Crippen LogP contribution in [0.15, 0.2) is 18.2 Å². The molecule has 1 aromatic rings. The van der Waals surface area contributed by atoms with Gasteiger partial charge in [0, 0.05) is 17.7 Å². The minimum Gasteiger partial charge on any atom is -0.377 e. The van der Waals surface area contributed by atoms with Crippen molar-refractivity contribution in [1.29, 1.82) is 0 Å². The fourth-order valence-electron chi connectivity index (χ4n) is 1.61. The molecule has 2 nitrogen and oxygen atoms in total. The Morgan fingerprint density at radius 2 is 2.31 bits per heavy atom. The molecule has 1 aliphatic heterocycles. The van der Waals surface area contributed by atoms with Crippen molar-refractivity contribution in [2.75, 3.05) is 6.61 Å². The molecule has 0 bridgehead atoms. The molecule has 1 unspecified atom stereocenters. The van der Waals surface area contributed by atoms with Crippen LogP contribution in [0.3, 0.4) is 0 Å². The molecule has 13 heavy (non-hydrogen) atoms. The van der Waals surface area contributed by atoms with Crippen LogP contribution < -0.4 is 5.73 Å². The highest BCUT2D eigenvalue weighted by molar-refractivity contribution is 6.30. The highest BCUT2D eigenvalue weighted by atomic mass is 35.5. The number of halogens is 1. The normalized spacial score (nSPS) is 22.2. The SMILES string of the molecule is NC1CCOCc2cc(Cl)ccc21. The topological polar surface area (TPSA) is 35.2 Å². The van der Waals surface area contributed by atoms with E-state index in [1.165, 1.54) is 5.56 Å². The molecule has 0 fully saturated rings. The molecule has 1 aromatic carbocycles. The first-order valence-electron chi connectivity index (χ1n) is 4.39. The Hall–Kier alpha value is -0.570. The Balaban J connectivity index is 2.42. The maximum absolute atomic E-state index is 5.97. The largest absolute Gasteiger partial charge is 0.377 e. The molecule has 3 heteroatoms. The summed E-state index contributed by atoms with van der Waals surface area (Å²) in [4.78, 5) is 0. The van der Waals surface area contributed by atoms with Gasteiger partial charge in [-0.15, -0.1) is 0 Å². The van der Waals surface area contributed by atoms with Crippen molar-refractivity contribution in [3.8, 4) is 0 Å². The Bertz CT molecular complexity index is 314. The molecule has 0 spiro atoms. The predicted octanol–water partition coefficient (Wildman–Crippen LogP) is 2.26. The number of benzene rings is 1. The van der Waals surface area contributed by atoms with Crippen LogP contribution in [0.4, 0.5) is 0 Å². The van der Waals surface area contributed by atoms with Crippen molar-refractivity contribution in [3.05, 3.63) is 34.3 Å². The maximum Gasteiger partial charge on any atom is 0.0720 e. The average molecular weight is 198 g/mol. The highest BCUT2D eigenvalue weighted by Crippen LogP contribution is 2.25. The summed E-state index contributed by atoms with van der Waals surface area (Å²) in [6, 6.07) is 5.90. The molecular weight excluding hydrogens is 186 g/mol. The second-order valence-electron chi connectivity index (χ2n) is 3.29. The number of nitrogens with two attached hydrogens (primary N) is 1. The van der Waals surface area contributed by atoms with Crippen LogP contribution in [-0.2, 0) is 11.3 Å². The molecule has 2 rings (SSSR count). The van der Waals surface area contributed by atoms with Gasteiger partial charge in [0.1, 0.15) is 0 Å². The number of fused-ring (bicyclic) bond motifs is 1. The lowest BCUT2D eigenvalue weighted by molar-refractivity contribution is 0.122. The van der Waals surface area contributed by atoms with Crippen LogP contribution in [-0.4, -0.2) is 6.61 Å². The van der Waals surface area contributed by atoms with Gasteiger partial charge in [-0.3, -0.25) is 0 Å². The lowest BCUT2D eigenvalue weighted by atomic mass is 10.0. The van der Waals surface area contributed by atoms with E-state index >= 15 is 0 Å². The van der Waals surface area contributed by atoms with E-state index in [-0.39, 0.29) is 6.04 Å². The van der Waals surface area contributed by atoms with Gasteiger partial charge in [-0.2, -0.15) is 0 Å². The summed E-state index contributed by atoms with van der Waals surface area (Å²) in [5.74, 6) is 0. The van der Waals surface area contributed by atoms with Crippen molar-refractivity contribution in [2.45, 2.75) is 19.1 Å².